The molecule has 0 fully saturated rings. The molecule has 0 bridgehead atoms. The van der Waals surface area contributed by atoms with E-state index in [2.05, 4.69) is 20.9 Å². The van der Waals surface area contributed by atoms with Gasteiger partial charge < -0.3 is 16.0 Å². The van der Waals surface area contributed by atoms with Crippen LogP contribution in [0.25, 0.3) is 10.9 Å². The van der Waals surface area contributed by atoms with Crippen molar-refractivity contribution in [2.45, 2.75) is 33.4 Å². The summed E-state index contributed by atoms with van der Waals surface area (Å²) in [6, 6.07) is 13.0. The number of aryl methyl sites for hydroxylation is 1. The molecule has 0 radical (unpaired) electrons. The second-order valence-corrected chi connectivity index (χ2v) is 7.09. The molecule has 2 aromatic carbocycles. The van der Waals surface area contributed by atoms with Gasteiger partial charge in [0, 0.05) is 29.7 Å². The molecule has 3 rings (SSSR count). The lowest BCUT2D eigenvalue weighted by Crippen LogP contribution is -2.34. The van der Waals surface area contributed by atoms with Gasteiger partial charge >= 0.3 is 6.03 Å². The molecule has 1 heterocycles. The minimum absolute atomic E-state index is 0.0524. The fourth-order valence-electron chi connectivity index (χ4n) is 2.88. The van der Waals surface area contributed by atoms with Gasteiger partial charge in [-0.05, 0) is 56.7 Å². The third-order valence-corrected chi connectivity index (χ3v) is 4.30. The topological polar surface area (TPSA) is 83.1 Å². The third-order valence-electron chi connectivity index (χ3n) is 4.30. The summed E-state index contributed by atoms with van der Waals surface area (Å²) in [5, 5.41) is 9.07. The number of hydrogen-bond donors (Lipinski definition) is 3. The highest BCUT2D eigenvalue weighted by Gasteiger charge is 2.12. The first-order valence-electron chi connectivity index (χ1n) is 9.33. The minimum Gasteiger partial charge on any atom is -0.348 e. The quantitative estimate of drug-likeness (QED) is 0.608. The predicted octanol–water partition coefficient (Wildman–Crippen LogP) is 4.14. The van der Waals surface area contributed by atoms with Gasteiger partial charge in [0.1, 0.15) is 5.82 Å². The molecule has 0 aliphatic heterocycles. The Morgan fingerprint density at radius 3 is 2.48 bits per heavy atom. The Morgan fingerprint density at radius 2 is 1.79 bits per heavy atom. The molecule has 7 heteroatoms. The summed E-state index contributed by atoms with van der Waals surface area (Å²) < 4.78 is 13.3. The molecule has 0 saturated carbocycles. The zero-order valence-electron chi connectivity index (χ0n) is 16.5. The molecule has 6 nitrogen and oxygen atoms in total. The van der Waals surface area contributed by atoms with Gasteiger partial charge in [-0.25, -0.2) is 9.18 Å². The first-order valence-corrected chi connectivity index (χ1v) is 9.33. The summed E-state index contributed by atoms with van der Waals surface area (Å²) in [6.45, 7) is 5.83. The Morgan fingerprint density at radius 1 is 1.07 bits per heavy atom. The molecule has 0 spiro atoms. The van der Waals surface area contributed by atoms with Crippen molar-refractivity contribution in [3.8, 4) is 0 Å². The number of benzene rings is 2. The van der Waals surface area contributed by atoms with E-state index in [0.29, 0.717) is 34.4 Å². The molecular weight excluding hydrogens is 371 g/mol. The maximum Gasteiger partial charge on any atom is 0.319 e. The van der Waals surface area contributed by atoms with Crippen LogP contribution in [0.15, 0.2) is 48.5 Å². The van der Waals surface area contributed by atoms with Crippen molar-refractivity contribution in [2.24, 2.45) is 0 Å². The lowest BCUT2D eigenvalue weighted by atomic mass is 10.1. The van der Waals surface area contributed by atoms with Gasteiger partial charge in [0.2, 0.25) is 0 Å². The Balaban J connectivity index is 1.63. The van der Waals surface area contributed by atoms with E-state index in [1.807, 2.05) is 26.0 Å². The first-order chi connectivity index (χ1) is 13.8. The van der Waals surface area contributed by atoms with Crippen LogP contribution >= 0.6 is 0 Å². The fraction of sp³-hybridized carbons (Fsp3) is 0.227. The van der Waals surface area contributed by atoms with Crippen molar-refractivity contribution >= 4 is 28.5 Å². The molecule has 1 aromatic heterocycles. The number of amides is 3. The van der Waals surface area contributed by atoms with E-state index >= 15 is 0 Å². The standard InChI is InChI=1S/C22H23FN4O2/c1-13(2)25-22(29)27-18-8-4-15(5-9-18)12-24-21(28)19-10-16-6-7-17(23)11-20(16)26-14(19)3/h4-11,13H,12H2,1-3H3,(H,24,28)(H2,25,27,29). The summed E-state index contributed by atoms with van der Waals surface area (Å²) in [6.07, 6.45) is 0. The van der Waals surface area contributed by atoms with Crippen LogP contribution in [0.5, 0.6) is 0 Å². The van der Waals surface area contributed by atoms with Gasteiger partial charge in [-0.15, -0.1) is 0 Å². The van der Waals surface area contributed by atoms with Crippen LogP contribution in [-0.4, -0.2) is 23.0 Å². The SMILES string of the molecule is Cc1nc2cc(F)ccc2cc1C(=O)NCc1ccc(NC(=O)NC(C)C)cc1. The highest BCUT2D eigenvalue weighted by atomic mass is 19.1. The summed E-state index contributed by atoms with van der Waals surface area (Å²) >= 11 is 0. The number of carbonyl (C=O) groups excluding carboxylic acids is 2. The van der Waals surface area contributed by atoms with Crippen LogP contribution in [0.4, 0.5) is 14.9 Å². The number of nitrogens with one attached hydrogen (secondary N) is 3. The Kier molecular flexibility index (Phi) is 6.07. The molecule has 0 aliphatic rings. The van der Waals surface area contributed by atoms with E-state index < -0.39 is 0 Å². The minimum atomic E-state index is -0.360. The van der Waals surface area contributed by atoms with Crippen molar-refractivity contribution in [2.75, 3.05) is 5.32 Å². The van der Waals surface area contributed by atoms with Crippen LogP contribution < -0.4 is 16.0 Å². The Bertz CT molecular complexity index is 1050. The largest absolute Gasteiger partial charge is 0.348 e. The van der Waals surface area contributed by atoms with E-state index in [-0.39, 0.29) is 23.8 Å². The monoisotopic (exact) mass is 394 g/mol. The zero-order chi connectivity index (χ0) is 21.0. The molecular formula is C22H23FN4O2. The van der Waals surface area contributed by atoms with Crippen LogP contribution in [0.2, 0.25) is 0 Å². The highest BCUT2D eigenvalue weighted by molar-refractivity contribution is 5.98. The van der Waals surface area contributed by atoms with Crippen LogP contribution in [0.1, 0.15) is 35.5 Å². The van der Waals surface area contributed by atoms with E-state index in [1.54, 1.807) is 31.2 Å². The van der Waals surface area contributed by atoms with Crippen LogP contribution in [0, 0.1) is 12.7 Å². The molecule has 3 amide bonds. The van der Waals surface area contributed by atoms with E-state index in [9.17, 15) is 14.0 Å². The Labute approximate surface area is 168 Å². The number of urea groups is 1. The van der Waals surface area contributed by atoms with Gasteiger partial charge in [-0.3, -0.25) is 9.78 Å². The molecule has 3 N–H and O–H groups in total. The van der Waals surface area contributed by atoms with Crippen molar-refractivity contribution in [3.05, 3.63) is 71.2 Å². The van der Waals surface area contributed by atoms with Crippen LogP contribution in [0.3, 0.4) is 0 Å². The number of aromatic nitrogens is 1. The fourth-order valence-corrected chi connectivity index (χ4v) is 2.88. The van der Waals surface area contributed by atoms with Crippen molar-refractivity contribution < 1.29 is 14.0 Å². The molecule has 29 heavy (non-hydrogen) atoms. The zero-order valence-corrected chi connectivity index (χ0v) is 16.5. The van der Waals surface area contributed by atoms with E-state index in [1.165, 1.54) is 12.1 Å². The summed E-state index contributed by atoms with van der Waals surface area (Å²) in [7, 11) is 0. The van der Waals surface area contributed by atoms with Gasteiger partial charge in [0.25, 0.3) is 5.91 Å². The number of pyridine rings is 1. The number of carbonyl (C=O) groups is 2. The lowest BCUT2D eigenvalue weighted by Gasteiger charge is -2.11. The summed E-state index contributed by atoms with van der Waals surface area (Å²) in [5.41, 5.74) is 3.06. The van der Waals surface area contributed by atoms with Crippen molar-refractivity contribution in [1.29, 1.82) is 0 Å². The average Bonchev–Trinajstić information content (AvgIpc) is 2.66. The normalized spacial score (nSPS) is 10.8. The number of halogens is 1. The number of anilines is 1. The Hall–Kier alpha value is -3.48. The molecule has 0 atom stereocenters. The second-order valence-electron chi connectivity index (χ2n) is 7.09. The molecule has 0 saturated heterocycles. The molecule has 3 aromatic rings. The first kappa shape index (κ1) is 20.3. The third kappa shape index (κ3) is 5.28. The predicted molar refractivity (Wildman–Crippen MR) is 111 cm³/mol. The van der Waals surface area contributed by atoms with Gasteiger partial charge in [0.15, 0.2) is 0 Å². The second kappa shape index (κ2) is 8.68. The van der Waals surface area contributed by atoms with Crippen molar-refractivity contribution in [3.63, 3.8) is 0 Å². The van der Waals surface area contributed by atoms with Gasteiger partial charge in [0.05, 0.1) is 16.8 Å². The molecule has 0 unspecified atom stereocenters. The number of hydrogen-bond acceptors (Lipinski definition) is 3. The molecule has 0 aliphatic carbocycles. The number of nitrogens with zero attached hydrogens (tertiary/aromatic N) is 1. The maximum absolute atomic E-state index is 13.3. The average molecular weight is 394 g/mol. The maximum atomic E-state index is 13.3. The summed E-state index contributed by atoms with van der Waals surface area (Å²) in [5.74, 6) is -0.610. The van der Waals surface area contributed by atoms with Crippen molar-refractivity contribution in [1.82, 2.24) is 15.6 Å². The number of fused-ring (bicyclic) bond motifs is 1. The van der Waals surface area contributed by atoms with Crippen LogP contribution in [-0.2, 0) is 6.54 Å². The van der Waals surface area contributed by atoms with E-state index in [0.717, 1.165) is 5.56 Å². The van der Waals surface area contributed by atoms with Gasteiger partial charge in [-0.1, -0.05) is 12.1 Å². The smallest absolute Gasteiger partial charge is 0.319 e. The van der Waals surface area contributed by atoms with E-state index in [4.69, 9.17) is 0 Å². The van der Waals surface area contributed by atoms with Gasteiger partial charge in [-0.2, -0.15) is 0 Å². The lowest BCUT2D eigenvalue weighted by molar-refractivity contribution is 0.0950. The number of rotatable bonds is 5. The molecule has 150 valence electrons. The highest BCUT2D eigenvalue weighted by Crippen LogP contribution is 2.18. The summed E-state index contributed by atoms with van der Waals surface area (Å²) in [4.78, 5) is 28.6.